The van der Waals surface area contributed by atoms with Crippen molar-refractivity contribution in [3.63, 3.8) is 0 Å². The summed E-state index contributed by atoms with van der Waals surface area (Å²) in [6.45, 7) is 8.00. The summed E-state index contributed by atoms with van der Waals surface area (Å²) in [5.41, 5.74) is 1.96. The molecule has 0 heterocycles. The molecule has 0 aliphatic heterocycles. The monoisotopic (exact) mass is 358 g/mol. The highest BCUT2D eigenvalue weighted by Gasteiger charge is 2.32. The van der Waals surface area contributed by atoms with Crippen molar-refractivity contribution in [3.8, 4) is 0 Å². The third-order valence-electron chi connectivity index (χ3n) is 3.27. The fourth-order valence-electron chi connectivity index (χ4n) is 2.35. The Morgan fingerprint density at radius 3 is 2.48 bits per heavy atom. The van der Waals surface area contributed by atoms with Crippen LogP contribution in [0.1, 0.15) is 57.8 Å². The number of hydrogen-bond donors (Lipinski definition) is 1. The van der Waals surface area contributed by atoms with Gasteiger partial charge in [0.2, 0.25) is 0 Å². The number of carbonyl (C=O) groups excluding carboxylic acids is 1. The predicted molar refractivity (Wildman–Crippen MR) is 90.2 cm³/mol. The summed E-state index contributed by atoms with van der Waals surface area (Å²) in [6.07, 6.45) is 1.69. The number of benzene rings is 1. The summed E-state index contributed by atoms with van der Waals surface area (Å²) >= 11 is 3.39. The number of carbonyl (C=O) groups is 1. The van der Waals surface area contributed by atoms with Crippen molar-refractivity contribution in [2.75, 3.05) is 7.11 Å². The van der Waals surface area contributed by atoms with Gasteiger partial charge in [0.15, 0.2) is 0 Å². The molecule has 0 radical (unpaired) electrons. The maximum absolute atomic E-state index is 11.6. The molecular formula is C17H27BrO3. The molecule has 0 saturated heterocycles. The van der Waals surface area contributed by atoms with Gasteiger partial charge in [0.25, 0.3) is 0 Å². The fourth-order valence-corrected chi connectivity index (χ4v) is 2.73. The van der Waals surface area contributed by atoms with Crippen molar-refractivity contribution in [1.82, 2.24) is 0 Å². The number of fused-ring (bicyclic) bond motifs is 1. The van der Waals surface area contributed by atoms with Gasteiger partial charge in [0.1, 0.15) is 0 Å². The Hall–Kier alpha value is -0.870. The van der Waals surface area contributed by atoms with Crippen LogP contribution in [0.4, 0.5) is 0 Å². The highest BCUT2D eigenvalue weighted by molar-refractivity contribution is 9.10. The first kappa shape index (κ1) is 20.1. The topological polar surface area (TPSA) is 46.5 Å². The highest BCUT2D eigenvalue weighted by atomic mass is 79.9. The molecule has 0 saturated carbocycles. The van der Waals surface area contributed by atoms with Crippen LogP contribution < -0.4 is 0 Å². The summed E-state index contributed by atoms with van der Waals surface area (Å²) in [7, 11) is 1.36. The Kier molecular flexibility index (Phi) is 10.4. The van der Waals surface area contributed by atoms with E-state index in [1.807, 2.05) is 45.9 Å². The zero-order chi connectivity index (χ0) is 16.4. The molecule has 120 valence electrons. The van der Waals surface area contributed by atoms with Crippen LogP contribution in [0.25, 0.3) is 0 Å². The van der Waals surface area contributed by atoms with E-state index in [2.05, 4.69) is 15.9 Å². The number of aryl methyl sites for hydroxylation is 1. The number of aliphatic hydroxyl groups is 1. The Balaban J connectivity index is 0.000000921. The van der Waals surface area contributed by atoms with E-state index in [9.17, 15) is 9.90 Å². The number of methoxy groups -OCH3 is 1. The first-order valence-electron chi connectivity index (χ1n) is 7.67. The molecule has 0 fully saturated rings. The number of ether oxygens (including phenoxy) is 1. The minimum atomic E-state index is -0.766. The lowest BCUT2D eigenvalue weighted by molar-refractivity contribution is -0.150. The molecule has 0 aromatic heterocycles. The molecule has 21 heavy (non-hydrogen) atoms. The minimum absolute atomic E-state index is 0.328. The van der Waals surface area contributed by atoms with Crippen molar-refractivity contribution >= 4 is 21.9 Å². The molecule has 1 N–H and O–H groups in total. The van der Waals surface area contributed by atoms with Crippen LogP contribution in [0.15, 0.2) is 22.7 Å². The highest BCUT2D eigenvalue weighted by Crippen LogP contribution is 2.35. The fraction of sp³-hybridized carbons (Fsp3) is 0.588. The standard InChI is InChI=1S/C13H15BrO3.2C2H6/c1-17-13(16)10-4-2-3-8-5-6-9(14)7-11(8)12(10)15;2*1-2/h5-7,10,12,15H,2-4H2,1H3;2*1-2H3. The molecule has 2 rings (SSSR count). The molecule has 1 aliphatic rings. The van der Waals surface area contributed by atoms with Gasteiger partial charge in [-0.25, -0.2) is 0 Å². The lowest BCUT2D eigenvalue weighted by Gasteiger charge is -2.19. The molecule has 1 aromatic carbocycles. The van der Waals surface area contributed by atoms with Gasteiger partial charge in [-0.2, -0.15) is 0 Å². The second kappa shape index (κ2) is 10.8. The van der Waals surface area contributed by atoms with Crippen LogP contribution in [0.2, 0.25) is 0 Å². The van der Waals surface area contributed by atoms with Gasteiger partial charge in [-0.1, -0.05) is 49.7 Å². The SMILES string of the molecule is CC.CC.COC(=O)C1CCCc2ccc(Br)cc2C1O. The molecule has 0 amide bonds. The molecule has 1 aromatic rings. The molecule has 2 unspecified atom stereocenters. The van der Waals surface area contributed by atoms with Gasteiger partial charge in [0, 0.05) is 4.47 Å². The van der Waals surface area contributed by atoms with E-state index in [-0.39, 0.29) is 5.97 Å². The summed E-state index contributed by atoms with van der Waals surface area (Å²) in [6, 6.07) is 5.85. The Morgan fingerprint density at radius 2 is 1.90 bits per heavy atom. The summed E-state index contributed by atoms with van der Waals surface area (Å²) in [4.78, 5) is 11.6. The molecular weight excluding hydrogens is 332 g/mol. The van der Waals surface area contributed by atoms with Crippen molar-refractivity contribution in [1.29, 1.82) is 0 Å². The van der Waals surface area contributed by atoms with E-state index in [1.54, 1.807) is 0 Å². The van der Waals surface area contributed by atoms with Crippen molar-refractivity contribution in [2.24, 2.45) is 5.92 Å². The summed E-state index contributed by atoms with van der Waals surface area (Å²) in [5.74, 6) is -0.777. The van der Waals surface area contributed by atoms with Crippen LogP contribution in [0.5, 0.6) is 0 Å². The minimum Gasteiger partial charge on any atom is -0.469 e. The Labute approximate surface area is 136 Å². The molecule has 3 nitrogen and oxygen atoms in total. The van der Waals surface area contributed by atoms with E-state index in [1.165, 1.54) is 7.11 Å². The largest absolute Gasteiger partial charge is 0.469 e. The van der Waals surface area contributed by atoms with Gasteiger partial charge >= 0.3 is 5.97 Å². The van der Waals surface area contributed by atoms with E-state index in [0.29, 0.717) is 6.42 Å². The predicted octanol–water partition coefficient (Wildman–Crippen LogP) is 4.66. The number of esters is 1. The smallest absolute Gasteiger partial charge is 0.311 e. The number of halogens is 1. The first-order valence-corrected chi connectivity index (χ1v) is 8.47. The zero-order valence-corrected chi connectivity index (χ0v) is 15.2. The zero-order valence-electron chi connectivity index (χ0n) is 13.6. The third kappa shape index (κ3) is 5.44. The molecule has 2 atom stereocenters. The number of rotatable bonds is 1. The lowest BCUT2D eigenvalue weighted by Crippen LogP contribution is -2.23. The van der Waals surface area contributed by atoms with Crippen molar-refractivity contribution in [2.45, 2.75) is 53.1 Å². The summed E-state index contributed by atoms with van der Waals surface area (Å²) < 4.78 is 5.67. The van der Waals surface area contributed by atoms with Gasteiger partial charge in [0.05, 0.1) is 19.1 Å². The normalized spacial score (nSPS) is 19.8. The second-order valence-corrected chi connectivity index (χ2v) is 5.23. The Bertz CT molecular complexity index is 432. The molecule has 4 heteroatoms. The number of aliphatic hydroxyl groups excluding tert-OH is 1. The summed E-state index contributed by atoms with van der Waals surface area (Å²) in [5, 5.41) is 10.3. The van der Waals surface area contributed by atoms with Crippen LogP contribution >= 0.6 is 15.9 Å². The first-order chi connectivity index (χ1) is 10.1. The maximum Gasteiger partial charge on any atom is 0.311 e. The van der Waals surface area contributed by atoms with Crippen LogP contribution in [0, 0.1) is 5.92 Å². The van der Waals surface area contributed by atoms with E-state index >= 15 is 0 Å². The van der Waals surface area contributed by atoms with Crippen molar-refractivity contribution in [3.05, 3.63) is 33.8 Å². The van der Waals surface area contributed by atoms with E-state index in [0.717, 1.165) is 28.4 Å². The third-order valence-corrected chi connectivity index (χ3v) is 3.77. The molecule has 0 bridgehead atoms. The average Bonchev–Trinajstić information content (AvgIpc) is 2.70. The molecule has 0 spiro atoms. The van der Waals surface area contributed by atoms with Crippen LogP contribution in [-0.4, -0.2) is 18.2 Å². The van der Waals surface area contributed by atoms with Crippen LogP contribution in [-0.2, 0) is 16.0 Å². The van der Waals surface area contributed by atoms with E-state index in [4.69, 9.17) is 4.74 Å². The Morgan fingerprint density at radius 1 is 1.29 bits per heavy atom. The molecule has 1 aliphatic carbocycles. The van der Waals surface area contributed by atoms with E-state index < -0.39 is 12.0 Å². The van der Waals surface area contributed by atoms with Crippen LogP contribution in [0.3, 0.4) is 0 Å². The number of hydrogen-bond acceptors (Lipinski definition) is 3. The second-order valence-electron chi connectivity index (χ2n) is 4.31. The van der Waals surface area contributed by atoms with Crippen molar-refractivity contribution < 1.29 is 14.6 Å². The maximum atomic E-state index is 11.6. The average molecular weight is 359 g/mol. The van der Waals surface area contributed by atoms with Gasteiger partial charge in [-0.05, 0) is 42.5 Å². The van der Waals surface area contributed by atoms with Gasteiger partial charge in [-0.15, -0.1) is 0 Å². The van der Waals surface area contributed by atoms with Gasteiger partial charge in [-0.3, -0.25) is 4.79 Å². The quantitative estimate of drug-likeness (QED) is 0.586. The van der Waals surface area contributed by atoms with Gasteiger partial charge < -0.3 is 9.84 Å². The lowest BCUT2D eigenvalue weighted by atomic mass is 9.93.